The predicted molar refractivity (Wildman–Crippen MR) is 137 cm³/mol. The minimum Gasteiger partial charge on any atom is -0.497 e. The molecule has 2 amide bonds. The number of benzene rings is 3. The van der Waals surface area contributed by atoms with Gasteiger partial charge in [-0.1, -0.05) is 29.8 Å². The van der Waals surface area contributed by atoms with Gasteiger partial charge >= 0.3 is 0 Å². The maximum absolute atomic E-state index is 12.9. The molecule has 36 heavy (non-hydrogen) atoms. The Balaban J connectivity index is 1.47. The summed E-state index contributed by atoms with van der Waals surface area (Å²) >= 11 is 6.50. The van der Waals surface area contributed by atoms with E-state index in [2.05, 4.69) is 5.43 Å². The van der Waals surface area contributed by atoms with E-state index >= 15 is 0 Å². The van der Waals surface area contributed by atoms with Crippen LogP contribution in [0.15, 0.2) is 72.3 Å². The van der Waals surface area contributed by atoms with E-state index in [9.17, 15) is 9.59 Å². The first kappa shape index (κ1) is 24.9. The topological polar surface area (TPSA) is 86.3 Å². The van der Waals surface area contributed by atoms with Crippen molar-refractivity contribution >= 4 is 35.2 Å². The van der Waals surface area contributed by atoms with Crippen LogP contribution in [0, 0.1) is 0 Å². The van der Waals surface area contributed by atoms with Gasteiger partial charge in [0.2, 0.25) is 0 Å². The molecule has 0 saturated carbocycles. The van der Waals surface area contributed by atoms with Crippen LogP contribution < -0.4 is 29.4 Å². The summed E-state index contributed by atoms with van der Waals surface area (Å²) < 4.78 is 22.4. The van der Waals surface area contributed by atoms with E-state index in [-0.39, 0.29) is 23.8 Å². The Morgan fingerprint density at radius 1 is 0.917 bits per heavy atom. The van der Waals surface area contributed by atoms with Crippen molar-refractivity contribution in [2.45, 2.75) is 6.92 Å². The highest BCUT2D eigenvalue weighted by atomic mass is 35.5. The average molecular weight is 509 g/mol. The molecule has 9 heteroatoms. The Kier molecular flexibility index (Phi) is 7.97. The number of methoxy groups -OCH3 is 1. The molecule has 1 saturated heterocycles. The Morgan fingerprint density at radius 2 is 1.61 bits per heavy atom. The maximum atomic E-state index is 12.9. The third kappa shape index (κ3) is 5.72. The fraction of sp³-hybridized carbons (Fsp3) is 0.185. The summed E-state index contributed by atoms with van der Waals surface area (Å²) in [6.45, 7) is 2.71. The second kappa shape index (κ2) is 11.5. The van der Waals surface area contributed by atoms with E-state index in [0.717, 1.165) is 5.75 Å². The maximum Gasteiger partial charge on any atom is 0.282 e. The highest BCUT2D eigenvalue weighted by Crippen LogP contribution is 2.37. The number of nitrogens with one attached hydrogen (secondary N) is 1. The summed E-state index contributed by atoms with van der Waals surface area (Å²) in [5, 5.41) is 1.49. The lowest BCUT2D eigenvalue weighted by molar-refractivity contribution is -0.117. The van der Waals surface area contributed by atoms with E-state index in [4.69, 9.17) is 30.5 Å². The summed E-state index contributed by atoms with van der Waals surface area (Å²) in [7, 11) is 1.60. The number of rotatable bonds is 10. The van der Waals surface area contributed by atoms with Gasteiger partial charge in [-0.2, -0.15) is 0 Å². The normalized spacial score (nSPS) is 14.1. The predicted octanol–water partition coefficient (Wildman–Crippen LogP) is 4.67. The summed E-state index contributed by atoms with van der Waals surface area (Å²) in [6, 6.07) is 19.4. The van der Waals surface area contributed by atoms with Crippen LogP contribution in [0.25, 0.3) is 6.08 Å². The zero-order valence-corrected chi connectivity index (χ0v) is 20.6. The molecule has 0 atom stereocenters. The zero-order valence-electron chi connectivity index (χ0n) is 19.8. The van der Waals surface area contributed by atoms with Crippen LogP contribution in [0.1, 0.15) is 12.5 Å². The minimum atomic E-state index is -0.506. The van der Waals surface area contributed by atoms with Crippen molar-refractivity contribution in [2.75, 3.05) is 31.9 Å². The molecule has 1 N–H and O–H groups in total. The van der Waals surface area contributed by atoms with Crippen LogP contribution in [0.4, 0.5) is 5.69 Å². The molecular weight excluding hydrogens is 484 g/mol. The lowest BCUT2D eigenvalue weighted by Gasteiger charge is -2.15. The van der Waals surface area contributed by atoms with Crippen LogP contribution in [0.5, 0.6) is 23.0 Å². The van der Waals surface area contributed by atoms with Gasteiger partial charge in [0.15, 0.2) is 11.5 Å². The molecular formula is C27H25ClN2O6. The summed E-state index contributed by atoms with van der Waals surface area (Å²) in [6.07, 6.45) is 1.48. The Labute approximate surface area is 213 Å². The van der Waals surface area contributed by atoms with Crippen LogP contribution in [0.2, 0.25) is 5.02 Å². The van der Waals surface area contributed by atoms with Crippen molar-refractivity contribution in [3.8, 4) is 23.0 Å². The first-order valence-corrected chi connectivity index (χ1v) is 11.7. The third-order valence-electron chi connectivity index (χ3n) is 5.21. The fourth-order valence-electron chi connectivity index (χ4n) is 3.53. The summed E-state index contributed by atoms with van der Waals surface area (Å²) in [5.41, 5.74) is 3.65. The van der Waals surface area contributed by atoms with Crippen molar-refractivity contribution in [1.29, 1.82) is 0 Å². The smallest absolute Gasteiger partial charge is 0.282 e. The number of halogens is 1. The monoisotopic (exact) mass is 508 g/mol. The number of para-hydroxylation sites is 1. The largest absolute Gasteiger partial charge is 0.497 e. The van der Waals surface area contributed by atoms with Gasteiger partial charge in [-0.15, -0.1) is 0 Å². The number of amides is 2. The van der Waals surface area contributed by atoms with Gasteiger partial charge in [0.1, 0.15) is 30.3 Å². The van der Waals surface area contributed by atoms with E-state index in [1.165, 1.54) is 11.1 Å². The molecule has 0 bridgehead atoms. The van der Waals surface area contributed by atoms with Crippen LogP contribution in [-0.2, 0) is 9.59 Å². The molecule has 0 unspecified atom stereocenters. The van der Waals surface area contributed by atoms with E-state index < -0.39 is 11.8 Å². The molecule has 186 valence electrons. The van der Waals surface area contributed by atoms with Crippen molar-refractivity contribution < 1.29 is 28.5 Å². The number of anilines is 1. The van der Waals surface area contributed by atoms with Crippen molar-refractivity contribution in [3.63, 3.8) is 0 Å². The molecule has 8 nitrogen and oxygen atoms in total. The number of ether oxygens (including phenoxy) is 4. The molecule has 3 aromatic rings. The van der Waals surface area contributed by atoms with Gasteiger partial charge in [0.05, 0.1) is 24.4 Å². The highest BCUT2D eigenvalue weighted by molar-refractivity contribution is 6.33. The fourth-order valence-corrected chi connectivity index (χ4v) is 3.81. The molecule has 0 aliphatic carbocycles. The van der Waals surface area contributed by atoms with Gasteiger partial charge < -0.3 is 18.9 Å². The SMILES string of the molecule is CCOc1cc(/C=C2/C(=O)NN(c3ccccc3)C2=O)cc(Cl)c1OCCOc1ccc(OC)cc1. The van der Waals surface area contributed by atoms with E-state index in [1.807, 2.05) is 25.1 Å². The summed E-state index contributed by atoms with van der Waals surface area (Å²) in [4.78, 5) is 25.4. The molecule has 0 radical (unpaired) electrons. The lowest BCUT2D eigenvalue weighted by atomic mass is 10.1. The minimum absolute atomic E-state index is 0.0149. The second-order valence-electron chi connectivity index (χ2n) is 7.61. The average Bonchev–Trinajstić information content (AvgIpc) is 3.17. The Morgan fingerprint density at radius 3 is 2.31 bits per heavy atom. The van der Waals surface area contributed by atoms with Crippen LogP contribution >= 0.6 is 11.6 Å². The molecule has 1 fully saturated rings. The first-order valence-electron chi connectivity index (χ1n) is 11.3. The van der Waals surface area contributed by atoms with Crippen LogP contribution in [-0.4, -0.2) is 38.7 Å². The number of hydrogen-bond donors (Lipinski definition) is 1. The first-order chi connectivity index (χ1) is 17.5. The molecule has 1 aliphatic rings. The molecule has 1 heterocycles. The third-order valence-corrected chi connectivity index (χ3v) is 5.49. The van der Waals surface area contributed by atoms with Crippen molar-refractivity contribution in [2.24, 2.45) is 0 Å². The Hall–Kier alpha value is -4.17. The van der Waals surface area contributed by atoms with Crippen molar-refractivity contribution in [1.82, 2.24) is 5.43 Å². The summed E-state index contributed by atoms with van der Waals surface area (Å²) in [5.74, 6) is 1.21. The number of carbonyl (C=O) groups is 2. The highest BCUT2D eigenvalue weighted by Gasteiger charge is 2.34. The number of nitrogens with zero attached hydrogens (tertiary/aromatic N) is 1. The number of hydrazine groups is 1. The van der Waals surface area contributed by atoms with Crippen LogP contribution in [0.3, 0.4) is 0 Å². The lowest BCUT2D eigenvalue weighted by Crippen LogP contribution is -2.35. The standard InChI is InChI=1S/C27H25ClN2O6/c1-3-34-24-17-18(15-22-26(31)29-30(27(22)32)19-7-5-4-6-8-19)16-23(28)25(24)36-14-13-35-21-11-9-20(33-2)10-12-21/h4-12,15-17H,3,13-14H2,1-2H3,(H,29,31)/b22-15-. The molecule has 0 spiro atoms. The van der Waals surface area contributed by atoms with Gasteiger partial charge in [-0.05, 0) is 67.1 Å². The second-order valence-corrected chi connectivity index (χ2v) is 8.02. The van der Waals surface area contributed by atoms with Gasteiger partial charge in [-0.3, -0.25) is 15.0 Å². The van der Waals surface area contributed by atoms with E-state index in [1.54, 1.807) is 55.6 Å². The van der Waals surface area contributed by atoms with Crippen molar-refractivity contribution in [3.05, 3.63) is 82.9 Å². The zero-order chi connectivity index (χ0) is 25.5. The number of hydrogen-bond acceptors (Lipinski definition) is 6. The van der Waals surface area contributed by atoms with Gasteiger partial charge in [0, 0.05) is 0 Å². The Bertz CT molecular complexity index is 1260. The number of carbonyl (C=O) groups excluding carboxylic acids is 2. The van der Waals surface area contributed by atoms with Gasteiger partial charge in [-0.25, -0.2) is 5.01 Å². The van der Waals surface area contributed by atoms with E-state index in [0.29, 0.717) is 35.1 Å². The molecule has 3 aromatic carbocycles. The molecule has 0 aromatic heterocycles. The molecule has 4 rings (SSSR count). The van der Waals surface area contributed by atoms with Gasteiger partial charge in [0.25, 0.3) is 11.8 Å². The molecule has 1 aliphatic heterocycles. The quantitative estimate of drug-likeness (QED) is 0.243.